The zero-order chi connectivity index (χ0) is 21.9. The molecule has 29 heavy (non-hydrogen) atoms. The van der Waals surface area contributed by atoms with Crippen molar-refractivity contribution in [3.8, 4) is 17.2 Å². The summed E-state index contributed by atoms with van der Waals surface area (Å²) in [6, 6.07) is 0.741. The quantitative estimate of drug-likeness (QED) is 0.223. The maximum absolute atomic E-state index is 12.5. The van der Waals surface area contributed by atoms with Gasteiger partial charge in [-0.15, -0.1) is 0 Å². The molecule has 11 heteroatoms. The Balaban J connectivity index is 2.82. The summed E-state index contributed by atoms with van der Waals surface area (Å²) in [4.78, 5) is 48.3. The minimum atomic E-state index is -2.05. The number of phenolic OH excluding ortho intramolecular Hbond substituents is 3. The molecule has 1 heterocycles. The number of aromatic hydroxyl groups is 3. The Labute approximate surface area is 163 Å². The molecule has 1 aromatic carbocycles. The third kappa shape index (κ3) is 4.08. The van der Waals surface area contributed by atoms with Gasteiger partial charge in [0, 0.05) is 11.6 Å². The molecule has 0 radical (unpaired) electrons. The fraction of sp³-hybridized carbons (Fsp3) is 0.333. The number of ether oxygens (including phenoxy) is 3. The van der Waals surface area contributed by atoms with E-state index in [4.69, 9.17) is 14.2 Å². The number of esters is 3. The number of phenols is 3. The lowest BCUT2D eigenvalue weighted by atomic mass is 9.80. The van der Waals surface area contributed by atoms with Crippen molar-refractivity contribution in [3.05, 3.63) is 28.8 Å². The second-order valence-electron chi connectivity index (χ2n) is 5.77. The van der Waals surface area contributed by atoms with Crippen LogP contribution < -0.4 is 0 Å². The van der Waals surface area contributed by atoms with Crippen LogP contribution >= 0.6 is 0 Å². The first-order valence-electron chi connectivity index (χ1n) is 8.40. The van der Waals surface area contributed by atoms with Crippen molar-refractivity contribution in [1.29, 1.82) is 0 Å². The van der Waals surface area contributed by atoms with Crippen LogP contribution in [0.4, 0.5) is 0 Å². The van der Waals surface area contributed by atoms with Crippen molar-refractivity contribution in [2.45, 2.75) is 25.9 Å². The van der Waals surface area contributed by atoms with Crippen LogP contribution in [0.3, 0.4) is 0 Å². The van der Waals surface area contributed by atoms with E-state index in [1.807, 2.05) is 0 Å². The summed E-state index contributed by atoms with van der Waals surface area (Å²) in [5.74, 6) is -9.78. The molecule has 0 aliphatic carbocycles. The molecule has 0 saturated carbocycles. The fourth-order valence-corrected chi connectivity index (χ4v) is 2.85. The number of fused-ring (bicyclic) bond motifs is 1. The second kappa shape index (κ2) is 8.50. The average Bonchev–Trinajstić information content (AvgIpc) is 2.65. The Kier molecular flexibility index (Phi) is 6.32. The lowest BCUT2D eigenvalue weighted by molar-refractivity contribution is -0.149. The standard InChI is InChI=1S/C18H18O11/c1-3-27-10(20)6-8(17(25)28-4-2)12-11-7(5-9(19)13(21)14(11)22)18(26)29-15(12)16(23)24/h5-6,12,15,19,21-22H,3-4H2,1-2H3,(H,23,24)/b8-6+/t12-,15-/m0/s1. The van der Waals surface area contributed by atoms with Crippen LogP contribution in [0.25, 0.3) is 0 Å². The van der Waals surface area contributed by atoms with Gasteiger partial charge in [0.25, 0.3) is 0 Å². The molecule has 1 aliphatic heterocycles. The number of hydrogen-bond acceptors (Lipinski definition) is 10. The summed E-state index contributed by atoms with van der Waals surface area (Å²) in [7, 11) is 0. The molecular weight excluding hydrogens is 392 g/mol. The first kappa shape index (κ1) is 21.5. The van der Waals surface area contributed by atoms with Gasteiger partial charge in [-0.05, 0) is 19.9 Å². The monoisotopic (exact) mass is 410 g/mol. The van der Waals surface area contributed by atoms with E-state index in [2.05, 4.69) is 0 Å². The number of benzene rings is 1. The van der Waals surface area contributed by atoms with Gasteiger partial charge < -0.3 is 34.6 Å². The highest BCUT2D eigenvalue weighted by atomic mass is 16.6. The number of carboxylic acid groups (broad SMARTS) is 1. The number of hydrogen-bond donors (Lipinski definition) is 4. The predicted molar refractivity (Wildman–Crippen MR) is 92.4 cm³/mol. The Morgan fingerprint density at radius 3 is 2.28 bits per heavy atom. The van der Waals surface area contributed by atoms with Crippen molar-refractivity contribution in [3.63, 3.8) is 0 Å². The van der Waals surface area contributed by atoms with E-state index < -0.39 is 69.8 Å². The average molecular weight is 410 g/mol. The van der Waals surface area contributed by atoms with Gasteiger partial charge in [0.15, 0.2) is 11.5 Å². The summed E-state index contributed by atoms with van der Waals surface area (Å²) in [6.07, 6.45) is -1.39. The summed E-state index contributed by atoms with van der Waals surface area (Å²) in [5.41, 5.74) is -1.61. The zero-order valence-corrected chi connectivity index (χ0v) is 15.4. The normalized spacial score (nSPS) is 18.4. The van der Waals surface area contributed by atoms with Crippen LogP contribution in [0.2, 0.25) is 0 Å². The highest BCUT2D eigenvalue weighted by Gasteiger charge is 2.47. The van der Waals surface area contributed by atoms with Gasteiger partial charge in [0.05, 0.1) is 30.3 Å². The van der Waals surface area contributed by atoms with Crippen molar-refractivity contribution in [2.75, 3.05) is 13.2 Å². The van der Waals surface area contributed by atoms with E-state index >= 15 is 0 Å². The van der Waals surface area contributed by atoms with E-state index in [0.29, 0.717) is 6.08 Å². The van der Waals surface area contributed by atoms with Crippen LogP contribution in [0.15, 0.2) is 17.7 Å². The topological polar surface area (TPSA) is 177 Å². The largest absolute Gasteiger partial charge is 0.504 e. The number of cyclic esters (lactones) is 1. The van der Waals surface area contributed by atoms with Crippen molar-refractivity contribution < 1.29 is 53.8 Å². The van der Waals surface area contributed by atoms with Crippen LogP contribution in [0, 0.1) is 0 Å². The Hall–Kier alpha value is -3.76. The van der Waals surface area contributed by atoms with E-state index in [1.54, 1.807) is 0 Å². The summed E-state index contributed by atoms with van der Waals surface area (Å²) < 4.78 is 14.4. The molecule has 1 aromatic rings. The molecule has 0 unspecified atom stereocenters. The lowest BCUT2D eigenvalue weighted by Gasteiger charge is -2.32. The SMILES string of the molecule is CCOC(=O)/C=C(/C(=O)OCC)[C@H]1c2c(cc(O)c(O)c2O)C(=O)O[C@@H]1C(=O)O. The Morgan fingerprint density at radius 1 is 1.10 bits per heavy atom. The number of aliphatic carboxylic acids is 1. The summed E-state index contributed by atoms with van der Waals surface area (Å²) >= 11 is 0. The van der Waals surface area contributed by atoms with Gasteiger partial charge in [-0.2, -0.15) is 0 Å². The molecule has 0 fully saturated rings. The van der Waals surface area contributed by atoms with Crippen molar-refractivity contribution >= 4 is 23.9 Å². The highest BCUT2D eigenvalue weighted by Crippen LogP contribution is 2.49. The third-order valence-corrected chi connectivity index (χ3v) is 4.01. The maximum atomic E-state index is 12.5. The molecule has 0 saturated heterocycles. The molecular formula is C18H18O11. The van der Waals surface area contributed by atoms with E-state index in [9.17, 15) is 39.6 Å². The number of carbonyl (C=O) groups is 4. The predicted octanol–water partition coefficient (Wildman–Crippen LogP) is 0.563. The van der Waals surface area contributed by atoms with Gasteiger partial charge in [0.1, 0.15) is 0 Å². The Morgan fingerprint density at radius 2 is 1.72 bits per heavy atom. The Bertz CT molecular complexity index is 900. The van der Waals surface area contributed by atoms with Crippen LogP contribution in [-0.4, -0.2) is 63.6 Å². The van der Waals surface area contributed by atoms with Gasteiger partial charge in [-0.25, -0.2) is 19.2 Å². The molecule has 2 atom stereocenters. The van der Waals surface area contributed by atoms with E-state index in [1.165, 1.54) is 13.8 Å². The minimum absolute atomic E-state index is 0.0516. The van der Waals surface area contributed by atoms with Crippen LogP contribution in [0.5, 0.6) is 17.2 Å². The molecule has 4 N–H and O–H groups in total. The van der Waals surface area contributed by atoms with Gasteiger partial charge >= 0.3 is 23.9 Å². The number of carbonyl (C=O) groups excluding carboxylic acids is 3. The van der Waals surface area contributed by atoms with E-state index in [0.717, 1.165) is 6.07 Å². The summed E-state index contributed by atoms with van der Waals surface area (Å²) in [5, 5.41) is 39.3. The molecule has 156 valence electrons. The van der Waals surface area contributed by atoms with Gasteiger partial charge in [-0.1, -0.05) is 0 Å². The molecule has 2 rings (SSSR count). The number of carboxylic acids is 1. The molecule has 0 spiro atoms. The molecule has 0 bridgehead atoms. The maximum Gasteiger partial charge on any atom is 0.346 e. The zero-order valence-electron chi connectivity index (χ0n) is 15.4. The minimum Gasteiger partial charge on any atom is -0.504 e. The highest BCUT2D eigenvalue weighted by molar-refractivity contribution is 6.03. The summed E-state index contributed by atoms with van der Waals surface area (Å²) in [6.45, 7) is 2.78. The smallest absolute Gasteiger partial charge is 0.346 e. The molecule has 1 aliphatic rings. The first-order valence-corrected chi connectivity index (χ1v) is 8.40. The van der Waals surface area contributed by atoms with Gasteiger partial charge in [0.2, 0.25) is 11.9 Å². The van der Waals surface area contributed by atoms with Gasteiger partial charge in [-0.3, -0.25) is 0 Å². The van der Waals surface area contributed by atoms with Crippen LogP contribution in [0.1, 0.15) is 35.7 Å². The van der Waals surface area contributed by atoms with Crippen molar-refractivity contribution in [1.82, 2.24) is 0 Å². The third-order valence-electron chi connectivity index (χ3n) is 4.01. The lowest BCUT2D eigenvalue weighted by Crippen LogP contribution is -2.40. The van der Waals surface area contributed by atoms with Crippen LogP contribution in [-0.2, 0) is 28.6 Å². The van der Waals surface area contributed by atoms with Crippen molar-refractivity contribution in [2.24, 2.45) is 0 Å². The van der Waals surface area contributed by atoms with E-state index in [-0.39, 0.29) is 13.2 Å². The molecule has 11 nitrogen and oxygen atoms in total. The fourth-order valence-electron chi connectivity index (χ4n) is 2.85. The number of rotatable bonds is 6. The molecule has 0 aromatic heterocycles. The molecule has 0 amide bonds. The first-order chi connectivity index (χ1) is 13.6. The second-order valence-corrected chi connectivity index (χ2v) is 5.77.